The number of rotatable bonds is 4. The lowest BCUT2D eigenvalue weighted by Gasteiger charge is -2.36. The molecule has 2 aromatic heterocycles. The van der Waals surface area contributed by atoms with Crippen LogP contribution in [0.2, 0.25) is 0 Å². The van der Waals surface area contributed by atoms with Crippen molar-refractivity contribution in [3.8, 4) is 6.07 Å². The van der Waals surface area contributed by atoms with E-state index >= 15 is 0 Å². The Hall–Kier alpha value is -2.06. The molecule has 0 radical (unpaired) electrons. The molecule has 1 amide bonds. The number of carbonyl (C=O) groups excluding carboxylic acids is 1. The summed E-state index contributed by atoms with van der Waals surface area (Å²) in [5, 5.41) is 13.1. The second-order valence-corrected chi connectivity index (χ2v) is 8.14. The van der Waals surface area contributed by atoms with Gasteiger partial charge in [0.25, 0.3) is 5.91 Å². The van der Waals surface area contributed by atoms with Crippen LogP contribution in [-0.2, 0) is 12.8 Å². The molecule has 0 saturated heterocycles. The first-order valence-electron chi connectivity index (χ1n) is 8.35. The number of carbonyl (C=O) groups is 1. The van der Waals surface area contributed by atoms with Gasteiger partial charge < -0.3 is 9.73 Å². The predicted octanol–water partition coefficient (Wildman–Crippen LogP) is 5.01. The minimum absolute atomic E-state index is 0.259. The van der Waals surface area contributed by atoms with E-state index in [1.807, 2.05) is 0 Å². The summed E-state index contributed by atoms with van der Waals surface area (Å²) in [6, 6.07) is 5.58. The van der Waals surface area contributed by atoms with Crippen LogP contribution in [0.5, 0.6) is 0 Å². The van der Waals surface area contributed by atoms with Gasteiger partial charge >= 0.3 is 0 Å². The number of fused-ring (bicyclic) bond motifs is 1. The fourth-order valence-electron chi connectivity index (χ4n) is 3.32. The van der Waals surface area contributed by atoms with Crippen molar-refractivity contribution in [1.82, 2.24) is 0 Å². The molecule has 1 aliphatic rings. The summed E-state index contributed by atoms with van der Waals surface area (Å²) in [7, 11) is 0. The van der Waals surface area contributed by atoms with E-state index in [1.54, 1.807) is 23.5 Å². The minimum atomic E-state index is -0.305. The highest BCUT2D eigenvalue weighted by atomic mass is 32.1. The molecule has 0 unspecified atom stereocenters. The van der Waals surface area contributed by atoms with E-state index in [1.165, 1.54) is 11.1 Å². The molecule has 2 aromatic rings. The van der Waals surface area contributed by atoms with Crippen molar-refractivity contribution in [2.24, 2.45) is 11.3 Å². The lowest BCUT2D eigenvalue weighted by Crippen LogP contribution is -2.28. The van der Waals surface area contributed by atoms with E-state index in [2.05, 4.69) is 32.2 Å². The number of amides is 1. The van der Waals surface area contributed by atoms with Crippen LogP contribution in [0.3, 0.4) is 0 Å². The molecule has 1 atom stereocenters. The van der Waals surface area contributed by atoms with Crippen molar-refractivity contribution in [1.29, 1.82) is 5.26 Å². The third-order valence-electron chi connectivity index (χ3n) is 5.37. The molecular formula is C19H22N2O2S. The maximum Gasteiger partial charge on any atom is 0.291 e. The van der Waals surface area contributed by atoms with E-state index < -0.39 is 0 Å². The number of anilines is 1. The zero-order valence-corrected chi connectivity index (χ0v) is 15.1. The van der Waals surface area contributed by atoms with Gasteiger partial charge in [-0.25, -0.2) is 0 Å². The van der Waals surface area contributed by atoms with E-state index in [9.17, 15) is 10.1 Å². The number of nitrogens with zero attached hydrogens (tertiary/aromatic N) is 1. The van der Waals surface area contributed by atoms with Crippen LogP contribution in [0.4, 0.5) is 5.00 Å². The van der Waals surface area contributed by atoms with E-state index in [4.69, 9.17) is 4.42 Å². The molecule has 0 bridgehead atoms. The second kappa shape index (κ2) is 6.45. The quantitative estimate of drug-likeness (QED) is 0.849. The number of hydrogen-bond acceptors (Lipinski definition) is 4. The molecule has 126 valence electrons. The first-order chi connectivity index (χ1) is 11.5. The number of hydrogen-bond donors (Lipinski definition) is 1. The summed E-state index contributed by atoms with van der Waals surface area (Å²) in [5.41, 5.74) is 2.05. The number of thiophene rings is 1. The van der Waals surface area contributed by atoms with Crippen LogP contribution in [0.1, 0.15) is 60.2 Å². The zero-order chi connectivity index (χ0) is 17.3. The van der Waals surface area contributed by atoms with E-state index in [-0.39, 0.29) is 11.7 Å². The van der Waals surface area contributed by atoms with Gasteiger partial charge in [0.15, 0.2) is 5.76 Å². The van der Waals surface area contributed by atoms with Crippen molar-refractivity contribution in [2.75, 3.05) is 5.32 Å². The Morgan fingerprint density at radius 1 is 1.54 bits per heavy atom. The van der Waals surface area contributed by atoms with E-state index in [0.29, 0.717) is 21.9 Å². The molecule has 0 saturated carbocycles. The van der Waals surface area contributed by atoms with Crippen LogP contribution in [0.15, 0.2) is 22.8 Å². The Morgan fingerprint density at radius 2 is 2.33 bits per heavy atom. The number of furan rings is 1. The highest BCUT2D eigenvalue weighted by molar-refractivity contribution is 7.16. The fraction of sp³-hybridized carbons (Fsp3) is 0.474. The second-order valence-electron chi connectivity index (χ2n) is 7.03. The molecule has 1 aliphatic carbocycles. The average Bonchev–Trinajstić information content (AvgIpc) is 3.21. The average molecular weight is 342 g/mol. The van der Waals surface area contributed by atoms with Gasteiger partial charge in [0, 0.05) is 4.88 Å². The van der Waals surface area contributed by atoms with Gasteiger partial charge in [-0.1, -0.05) is 27.2 Å². The Morgan fingerprint density at radius 3 is 2.96 bits per heavy atom. The molecule has 0 aromatic carbocycles. The smallest absolute Gasteiger partial charge is 0.291 e. The summed E-state index contributed by atoms with van der Waals surface area (Å²) in [6.07, 6.45) is 5.62. The third-order valence-corrected chi connectivity index (χ3v) is 6.54. The Bertz CT molecular complexity index is 781. The van der Waals surface area contributed by atoms with Crippen molar-refractivity contribution in [3.63, 3.8) is 0 Å². The van der Waals surface area contributed by atoms with Crippen LogP contribution in [0.25, 0.3) is 0 Å². The minimum Gasteiger partial charge on any atom is -0.459 e. The van der Waals surface area contributed by atoms with Gasteiger partial charge in [0.1, 0.15) is 11.1 Å². The molecule has 0 spiro atoms. The molecule has 0 fully saturated rings. The first-order valence-corrected chi connectivity index (χ1v) is 9.17. The number of nitriles is 1. The largest absolute Gasteiger partial charge is 0.459 e. The van der Waals surface area contributed by atoms with Crippen molar-refractivity contribution in [2.45, 2.75) is 46.5 Å². The Labute approximate surface area is 146 Å². The summed E-state index contributed by atoms with van der Waals surface area (Å²) >= 11 is 1.55. The highest BCUT2D eigenvalue weighted by Gasteiger charge is 2.34. The van der Waals surface area contributed by atoms with Gasteiger partial charge in [-0.15, -0.1) is 11.3 Å². The lowest BCUT2D eigenvalue weighted by atomic mass is 9.69. The molecule has 3 rings (SSSR count). The Balaban J connectivity index is 1.86. The SMILES string of the molecule is CCC(C)(C)[C@@H]1CCc2c(sc(NC(=O)c3ccco3)c2C#N)C1. The third kappa shape index (κ3) is 2.99. The van der Waals surface area contributed by atoms with Gasteiger partial charge in [0.2, 0.25) is 0 Å². The van der Waals surface area contributed by atoms with Crippen LogP contribution in [0, 0.1) is 22.7 Å². The van der Waals surface area contributed by atoms with E-state index in [0.717, 1.165) is 31.2 Å². The topological polar surface area (TPSA) is 66.0 Å². The fourth-order valence-corrected chi connectivity index (χ4v) is 4.59. The maximum atomic E-state index is 12.2. The normalized spacial score (nSPS) is 17.2. The van der Waals surface area contributed by atoms with Crippen LogP contribution < -0.4 is 5.32 Å². The summed E-state index contributed by atoms with van der Waals surface area (Å²) < 4.78 is 5.13. The van der Waals surface area contributed by atoms with Gasteiger partial charge in [-0.05, 0) is 48.3 Å². The molecule has 1 N–H and O–H groups in total. The first kappa shape index (κ1) is 16.8. The summed E-state index contributed by atoms with van der Waals surface area (Å²) in [4.78, 5) is 13.5. The predicted molar refractivity (Wildman–Crippen MR) is 95.3 cm³/mol. The van der Waals surface area contributed by atoms with Crippen molar-refractivity contribution < 1.29 is 9.21 Å². The van der Waals surface area contributed by atoms with Crippen molar-refractivity contribution in [3.05, 3.63) is 40.2 Å². The summed E-state index contributed by atoms with van der Waals surface area (Å²) in [6.45, 7) is 6.88. The van der Waals surface area contributed by atoms with Gasteiger partial charge in [-0.3, -0.25) is 4.79 Å². The molecule has 2 heterocycles. The van der Waals surface area contributed by atoms with Crippen LogP contribution >= 0.6 is 11.3 Å². The monoisotopic (exact) mass is 342 g/mol. The lowest BCUT2D eigenvalue weighted by molar-refractivity contribution is 0.0997. The highest BCUT2D eigenvalue weighted by Crippen LogP contribution is 2.45. The zero-order valence-electron chi connectivity index (χ0n) is 14.3. The molecular weight excluding hydrogens is 320 g/mol. The number of nitrogens with one attached hydrogen (secondary N) is 1. The maximum absolute atomic E-state index is 12.2. The molecule has 4 nitrogen and oxygen atoms in total. The standard InChI is InChI=1S/C19H22N2O2S/c1-4-19(2,3)12-7-8-13-14(11-20)18(24-16(13)10-12)21-17(22)15-6-5-9-23-15/h5-6,9,12H,4,7-8,10H2,1-3H3,(H,21,22)/t12-/m1/s1. The Kier molecular flexibility index (Phi) is 4.51. The van der Waals surface area contributed by atoms with Crippen LogP contribution in [-0.4, -0.2) is 5.91 Å². The molecule has 24 heavy (non-hydrogen) atoms. The summed E-state index contributed by atoms with van der Waals surface area (Å²) in [5.74, 6) is 0.574. The van der Waals surface area contributed by atoms with Gasteiger partial charge in [-0.2, -0.15) is 5.26 Å². The molecule has 0 aliphatic heterocycles. The van der Waals surface area contributed by atoms with Crippen molar-refractivity contribution >= 4 is 22.2 Å². The molecule has 5 heteroatoms. The van der Waals surface area contributed by atoms with Gasteiger partial charge in [0.05, 0.1) is 11.8 Å².